The fraction of sp³-hybridized carbons (Fsp3) is 0.385. The Labute approximate surface area is 113 Å². The highest BCUT2D eigenvalue weighted by Gasteiger charge is 2.33. The van der Waals surface area contributed by atoms with E-state index < -0.39 is 29.5 Å². The maximum atomic E-state index is 12.8. The average molecular weight is 289 g/mol. The first-order valence-electron chi connectivity index (χ1n) is 5.77. The van der Waals surface area contributed by atoms with E-state index in [2.05, 4.69) is 0 Å². The van der Waals surface area contributed by atoms with Crippen LogP contribution >= 0.6 is 0 Å². The van der Waals surface area contributed by atoms with Crippen molar-refractivity contribution < 1.29 is 27.9 Å². The smallest absolute Gasteiger partial charge is 0.416 e. The number of carbonyl (C=O) groups excluding carboxylic acids is 1. The molecule has 0 aliphatic rings. The second-order valence-electron chi connectivity index (χ2n) is 4.41. The molecule has 1 amide bonds. The topological polar surface area (TPSA) is 57.6 Å². The SMILES string of the molecule is CC(C(=O)O)C(=O)N(C)Cc1ccccc1C(F)(F)F. The molecule has 7 heteroatoms. The van der Waals surface area contributed by atoms with E-state index in [-0.39, 0.29) is 12.1 Å². The number of halogens is 3. The first-order chi connectivity index (χ1) is 9.14. The zero-order valence-electron chi connectivity index (χ0n) is 10.9. The number of hydrogen-bond acceptors (Lipinski definition) is 2. The number of amides is 1. The maximum Gasteiger partial charge on any atom is 0.416 e. The third-order valence-electron chi connectivity index (χ3n) is 2.85. The van der Waals surface area contributed by atoms with Gasteiger partial charge in [0.2, 0.25) is 5.91 Å². The van der Waals surface area contributed by atoms with E-state index in [0.29, 0.717) is 0 Å². The minimum Gasteiger partial charge on any atom is -0.481 e. The van der Waals surface area contributed by atoms with Crippen molar-refractivity contribution >= 4 is 11.9 Å². The molecule has 20 heavy (non-hydrogen) atoms. The van der Waals surface area contributed by atoms with Crippen molar-refractivity contribution in [1.82, 2.24) is 4.90 Å². The van der Waals surface area contributed by atoms with E-state index in [1.807, 2.05) is 0 Å². The molecule has 4 nitrogen and oxygen atoms in total. The largest absolute Gasteiger partial charge is 0.481 e. The summed E-state index contributed by atoms with van der Waals surface area (Å²) >= 11 is 0. The van der Waals surface area contributed by atoms with Crippen LogP contribution < -0.4 is 0 Å². The second kappa shape index (κ2) is 5.94. The Morgan fingerprint density at radius 2 is 1.85 bits per heavy atom. The fourth-order valence-electron chi connectivity index (χ4n) is 1.70. The summed E-state index contributed by atoms with van der Waals surface area (Å²) in [5.74, 6) is -3.35. The predicted octanol–water partition coefficient (Wildman–Crippen LogP) is 2.38. The van der Waals surface area contributed by atoms with Gasteiger partial charge in [0.05, 0.1) is 5.56 Å². The lowest BCUT2D eigenvalue weighted by Gasteiger charge is -2.21. The molecule has 0 aliphatic heterocycles. The van der Waals surface area contributed by atoms with Gasteiger partial charge in [-0.25, -0.2) is 0 Å². The molecule has 1 N–H and O–H groups in total. The van der Waals surface area contributed by atoms with Gasteiger partial charge in [0, 0.05) is 13.6 Å². The molecule has 0 saturated carbocycles. The summed E-state index contributed by atoms with van der Waals surface area (Å²) in [7, 11) is 1.27. The number of carbonyl (C=O) groups is 2. The molecule has 1 aromatic rings. The number of carboxylic acids is 1. The molecular formula is C13H14F3NO3. The van der Waals surface area contributed by atoms with E-state index >= 15 is 0 Å². The molecule has 1 atom stereocenters. The van der Waals surface area contributed by atoms with Crippen LogP contribution in [0.15, 0.2) is 24.3 Å². The zero-order chi connectivity index (χ0) is 15.5. The lowest BCUT2D eigenvalue weighted by atomic mass is 10.1. The molecule has 0 radical (unpaired) electrons. The third kappa shape index (κ3) is 3.72. The van der Waals surface area contributed by atoms with E-state index in [1.165, 1.54) is 32.2 Å². The van der Waals surface area contributed by atoms with Gasteiger partial charge >= 0.3 is 12.1 Å². The predicted molar refractivity (Wildman–Crippen MR) is 64.7 cm³/mol. The Balaban J connectivity index is 2.94. The molecule has 110 valence electrons. The summed E-state index contributed by atoms with van der Waals surface area (Å²) in [5, 5.41) is 8.72. The van der Waals surface area contributed by atoms with Crippen LogP contribution in [0, 0.1) is 5.92 Å². The lowest BCUT2D eigenvalue weighted by Crippen LogP contribution is -2.35. The first-order valence-corrected chi connectivity index (χ1v) is 5.77. The Kier molecular flexibility index (Phi) is 4.75. The quantitative estimate of drug-likeness (QED) is 0.866. The van der Waals surface area contributed by atoms with Crippen LogP contribution in [0.3, 0.4) is 0 Å². The van der Waals surface area contributed by atoms with Crippen molar-refractivity contribution in [3.05, 3.63) is 35.4 Å². The molecule has 0 aromatic heterocycles. The standard InChI is InChI=1S/C13H14F3NO3/c1-8(12(19)20)11(18)17(2)7-9-5-3-4-6-10(9)13(14,15)16/h3-6,8H,7H2,1-2H3,(H,19,20). The van der Waals surface area contributed by atoms with Crippen molar-refractivity contribution in [2.24, 2.45) is 5.92 Å². The average Bonchev–Trinajstić information content (AvgIpc) is 2.36. The normalized spacial score (nSPS) is 12.8. The van der Waals surface area contributed by atoms with Crippen LogP contribution in [0.5, 0.6) is 0 Å². The summed E-state index contributed by atoms with van der Waals surface area (Å²) in [5.41, 5.74) is -0.906. The summed E-state index contributed by atoms with van der Waals surface area (Å²) in [6.45, 7) is 0.892. The van der Waals surface area contributed by atoms with Crippen molar-refractivity contribution in [3.63, 3.8) is 0 Å². The molecular weight excluding hydrogens is 275 g/mol. The molecule has 0 saturated heterocycles. The monoisotopic (exact) mass is 289 g/mol. The number of carboxylic acid groups (broad SMARTS) is 1. The van der Waals surface area contributed by atoms with Crippen molar-refractivity contribution in [2.45, 2.75) is 19.6 Å². The van der Waals surface area contributed by atoms with Gasteiger partial charge in [-0.1, -0.05) is 18.2 Å². The second-order valence-corrected chi connectivity index (χ2v) is 4.41. The molecule has 1 unspecified atom stereocenters. The Morgan fingerprint density at radius 3 is 2.35 bits per heavy atom. The molecule has 0 aliphatic carbocycles. The van der Waals surface area contributed by atoms with E-state index in [4.69, 9.17) is 5.11 Å². The highest BCUT2D eigenvalue weighted by molar-refractivity contribution is 5.96. The first kappa shape index (κ1) is 16.0. The Hall–Kier alpha value is -2.05. The van der Waals surface area contributed by atoms with Gasteiger partial charge in [-0.15, -0.1) is 0 Å². The number of nitrogens with zero attached hydrogens (tertiary/aromatic N) is 1. The van der Waals surface area contributed by atoms with Crippen LogP contribution in [0.2, 0.25) is 0 Å². The Morgan fingerprint density at radius 1 is 1.30 bits per heavy atom. The number of benzene rings is 1. The van der Waals surface area contributed by atoms with Crippen LogP contribution in [0.4, 0.5) is 13.2 Å². The third-order valence-corrected chi connectivity index (χ3v) is 2.85. The maximum absolute atomic E-state index is 12.8. The highest BCUT2D eigenvalue weighted by atomic mass is 19.4. The van der Waals surface area contributed by atoms with Gasteiger partial charge in [-0.3, -0.25) is 9.59 Å². The number of alkyl halides is 3. The summed E-state index contributed by atoms with van der Waals surface area (Å²) in [4.78, 5) is 23.4. The van der Waals surface area contributed by atoms with Gasteiger partial charge in [0.1, 0.15) is 5.92 Å². The van der Waals surface area contributed by atoms with Crippen LogP contribution in [-0.2, 0) is 22.3 Å². The van der Waals surface area contributed by atoms with E-state index in [0.717, 1.165) is 11.0 Å². The van der Waals surface area contributed by atoms with Gasteiger partial charge in [-0.05, 0) is 18.6 Å². The zero-order valence-corrected chi connectivity index (χ0v) is 10.9. The van der Waals surface area contributed by atoms with E-state index in [9.17, 15) is 22.8 Å². The molecule has 0 bridgehead atoms. The van der Waals surface area contributed by atoms with Crippen molar-refractivity contribution in [3.8, 4) is 0 Å². The van der Waals surface area contributed by atoms with Crippen molar-refractivity contribution in [1.29, 1.82) is 0 Å². The molecule has 0 heterocycles. The molecule has 0 spiro atoms. The summed E-state index contributed by atoms with van der Waals surface area (Å²) in [6.07, 6.45) is -4.51. The molecule has 1 rings (SSSR count). The number of rotatable bonds is 4. The highest BCUT2D eigenvalue weighted by Crippen LogP contribution is 2.32. The molecule has 1 aromatic carbocycles. The van der Waals surface area contributed by atoms with Crippen LogP contribution in [0.25, 0.3) is 0 Å². The lowest BCUT2D eigenvalue weighted by molar-refractivity contribution is -0.150. The molecule has 0 fully saturated rings. The summed E-state index contributed by atoms with van der Waals surface area (Å²) in [6, 6.07) is 4.88. The van der Waals surface area contributed by atoms with Gasteiger partial charge in [-0.2, -0.15) is 13.2 Å². The number of aliphatic carboxylic acids is 1. The minimum atomic E-state index is -4.51. The van der Waals surface area contributed by atoms with Crippen LogP contribution in [0.1, 0.15) is 18.1 Å². The van der Waals surface area contributed by atoms with Gasteiger partial charge in [0.25, 0.3) is 0 Å². The van der Waals surface area contributed by atoms with Crippen LogP contribution in [-0.4, -0.2) is 28.9 Å². The van der Waals surface area contributed by atoms with Gasteiger partial charge < -0.3 is 10.0 Å². The van der Waals surface area contributed by atoms with Crippen molar-refractivity contribution in [2.75, 3.05) is 7.05 Å². The minimum absolute atomic E-state index is 0.0755. The summed E-state index contributed by atoms with van der Waals surface area (Å²) < 4.78 is 38.4. The van der Waals surface area contributed by atoms with Gasteiger partial charge in [0.15, 0.2) is 0 Å². The van der Waals surface area contributed by atoms with E-state index in [1.54, 1.807) is 0 Å². The Bertz CT molecular complexity index is 514. The number of hydrogen-bond donors (Lipinski definition) is 1. The fourth-order valence-corrected chi connectivity index (χ4v) is 1.70.